The number of carbonyl (C=O) groups is 1. The van der Waals surface area contributed by atoms with Crippen LogP contribution in [0.4, 0.5) is 5.69 Å². The Hall–Kier alpha value is -1.57. The van der Waals surface area contributed by atoms with Gasteiger partial charge in [0.15, 0.2) is 0 Å². The highest BCUT2D eigenvalue weighted by molar-refractivity contribution is 6.31. The third-order valence-corrected chi connectivity index (χ3v) is 3.24. The molecule has 18 heavy (non-hydrogen) atoms. The van der Waals surface area contributed by atoms with Crippen molar-refractivity contribution in [2.45, 2.75) is 26.3 Å². The van der Waals surface area contributed by atoms with Crippen LogP contribution < -0.4 is 11.1 Å². The Morgan fingerprint density at radius 2 is 2.28 bits per heavy atom. The zero-order chi connectivity index (χ0) is 13.7. The van der Waals surface area contributed by atoms with Gasteiger partial charge < -0.3 is 11.1 Å². The molecule has 0 saturated carbocycles. The molecule has 0 bridgehead atoms. The second-order valence-corrected chi connectivity index (χ2v) is 4.61. The zero-order valence-electron chi connectivity index (χ0n) is 10.4. The van der Waals surface area contributed by atoms with Gasteiger partial charge >= 0.3 is 0 Å². The first kappa shape index (κ1) is 14.5. The number of nitrogens with two attached hydrogens (primary N) is 1. The van der Waals surface area contributed by atoms with Crippen molar-refractivity contribution in [3.05, 3.63) is 28.8 Å². The molecule has 0 aliphatic carbocycles. The maximum atomic E-state index is 11.8. The number of nitriles is 1. The Labute approximate surface area is 112 Å². The largest absolute Gasteiger partial charge is 0.325 e. The summed E-state index contributed by atoms with van der Waals surface area (Å²) < 4.78 is 0. The molecule has 0 heterocycles. The van der Waals surface area contributed by atoms with Gasteiger partial charge in [0.05, 0.1) is 16.6 Å². The van der Waals surface area contributed by atoms with E-state index in [0.29, 0.717) is 16.3 Å². The van der Waals surface area contributed by atoms with Crippen molar-refractivity contribution in [2.24, 2.45) is 11.7 Å². The monoisotopic (exact) mass is 265 g/mol. The third kappa shape index (κ3) is 3.46. The van der Waals surface area contributed by atoms with Crippen LogP contribution in [0, 0.1) is 17.2 Å². The molecule has 96 valence electrons. The molecule has 4 nitrogen and oxygen atoms in total. The van der Waals surface area contributed by atoms with Crippen molar-refractivity contribution in [3.8, 4) is 6.07 Å². The molecule has 0 saturated heterocycles. The highest BCUT2D eigenvalue weighted by Gasteiger charge is 2.19. The molecule has 2 unspecified atom stereocenters. The van der Waals surface area contributed by atoms with Crippen molar-refractivity contribution in [1.29, 1.82) is 5.26 Å². The summed E-state index contributed by atoms with van der Waals surface area (Å²) in [6, 6.07) is 6.15. The van der Waals surface area contributed by atoms with Crippen LogP contribution in [0.2, 0.25) is 5.02 Å². The van der Waals surface area contributed by atoms with Crippen molar-refractivity contribution in [2.75, 3.05) is 5.32 Å². The molecule has 0 aliphatic heterocycles. The Morgan fingerprint density at radius 1 is 1.61 bits per heavy atom. The Morgan fingerprint density at radius 3 is 2.83 bits per heavy atom. The Bertz CT molecular complexity index is 482. The summed E-state index contributed by atoms with van der Waals surface area (Å²) in [5.41, 5.74) is 6.67. The maximum absolute atomic E-state index is 11.8. The van der Waals surface area contributed by atoms with Gasteiger partial charge in [0.25, 0.3) is 0 Å². The van der Waals surface area contributed by atoms with E-state index in [0.717, 1.165) is 6.42 Å². The van der Waals surface area contributed by atoms with Gasteiger partial charge in [-0.15, -0.1) is 0 Å². The first-order chi connectivity index (χ1) is 8.49. The molecule has 3 N–H and O–H groups in total. The van der Waals surface area contributed by atoms with Crippen LogP contribution in [0.15, 0.2) is 18.2 Å². The van der Waals surface area contributed by atoms with Crippen LogP contribution in [0.3, 0.4) is 0 Å². The number of amides is 1. The summed E-state index contributed by atoms with van der Waals surface area (Å²) in [4.78, 5) is 11.8. The smallest absolute Gasteiger partial charge is 0.241 e. The molecule has 0 fully saturated rings. The lowest BCUT2D eigenvalue weighted by Gasteiger charge is -2.17. The first-order valence-corrected chi connectivity index (χ1v) is 6.13. The van der Waals surface area contributed by atoms with E-state index < -0.39 is 6.04 Å². The van der Waals surface area contributed by atoms with Crippen molar-refractivity contribution < 1.29 is 4.79 Å². The van der Waals surface area contributed by atoms with E-state index in [2.05, 4.69) is 5.32 Å². The van der Waals surface area contributed by atoms with Crippen LogP contribution in [0.1, 0.15) is 25.8 Å². The lowest BCUT2D eigenvalue weighted by atomic mass is 9.99. The standard InChI is InChI=1S/C13H16ClN3O/c1-3-8(2)12(16)13(18)17-10-4-5-11(14)9(6-10)7-15/h4-6,8,12H,3,16H2,1-2H3,(H,17,18). The highest BCUT2D eigenvalue weighted by Crippen LogP contribution is 2.20. The predicted molar refractivity (Wildman–Crippen MR) is 72.2 cm³/mol. The van der Waals surface area contributed by atoms with E-state index in [9.17, 15) is 4.79 Å². The fourth-order valence-electron chi connectivity index (χ4n) is 1.43. The third-order valence-electron chi connectivity index (χ3n) is 2.91. The lowest BCUT2D eigenvalue weighted by Crippen LogP contribution is -2.40. The van der Waals surface area contributed by atoms with Crippen LogP contribution in [-0.2, 0) is 4.79 Å². The van der Waals surface area contributed by atoms with Gasteiger partial charge in [0.1, 0.15) is 6.07 Å². The van der Waals surface area contributed by atoms with E-state index in [1.165, 1.54) is 6.07 Å². The molecule has 0 spiro atoms. The first-order valence-electron chi connectivity index (χ1n) is 5.75. The average Bonchev–Trinajstić information content (AvgIpc) is 2.38. The van der Waals surface area contributed by atoms with E-state index in [-0.39, 0.29) is 11.8 Å². The van der Waals surface area contributed by atoms with Gasteiger partial charge in [-0.25, -0.2) is 0 Å². The van der Waals surface area contributed by atoms with Gasteiger partial charge in [-0.05, 0) is 24.1 Å². The average molecular weight is 266 g/mol. The number of halogens is 1. The second-order valence-electron chi connectivity index (χ2n) is 4.21. The van der Waals surface area contributed by atoms with Crippen molar-refractivity contribution in [3.63, 3.8) is 0 Å². The SMILES string of the molecule is CCC(C)C(N)C(=O)Nc1ccc(Cl)c(C#N)c1. The molecule has 0 radical (unpaired) electrons. The van der Waals surface area contributed by atoms with Crippen LogP contribution in [0.5, 0.6) is 0 Å². The topological polar surface area (TPSA) is 78.9 Å². The molecule has 1 rings (SSSR count). The molecule has 1 amide bonds. The molecule has 0 aliphatic rings. The maximum Gasteiger partial charge on any atom is 0.241 e. The molecule has 2 atom stereocenters. The number of carbonyl (C=O) groups excluding carboxylic acids is 1. The van der Waals surface area contributed by atoms with Gasteiger partial charge in [0.2, 0.25) is 5.91 Å². The summed E-state index contributed by atoms with van der Waals surface area (Å²) >= 11 is 5.81. The summed E-state index contributed by atoms with van der Waals surface area (Å²) in [6.45, 7) is 3.90. The number of anilines is 1. The highest BCUT2D eigenvalue weighted by atomic mass is 35.5. The molecular weight excluding hydrogens is 250 g/mol. The van der Waals surface area contributed by atoms with Gasteiger partial charge in [-0.2, -0.15) is 5.26 Å². The van der Waals surface area contributed by atoms with Gasteiger partial charge in [-0.1, -0.05) is 31.9 Å². The fraction of sp³-hybridized carbons (Fsp3) is 0.385. The zero-order valence-corrected chi connectivity index (χ0v) is 11.2. The number of hydrogen-bond donors (Lipinski definition) is 2. The number of nitrogens with zero attached hydrogens (tertiary/aromatic N) is 1. The van der Waals surface area contributed by atoms with Gasteiger partial charge in [0, 0.05) is 5.69 Å². The normalized spacial score (nSPS) is 13.5. The summed E-state index contributed by atoms with van der Waals surface area (Å²) in [5, 5.41) is 11.9. The van der Waals surface area contributed by atoms with E-state index in [1.54, 1.807) is 12.1 Å². The minimum absolute atomic E-state index is 0.104. The number of rotatable bonds is 4. The number of hydrogen-bond acceptors (Lipinski definition) is 3. The second kappa shape index (κ2) is 6.39. The summed E-state index contributed by atoms with van der Waals surface area (Å²) in [6.07, 6.45) is 0.832. The van der Waals surface area contributed by atoms with Crippen molar-refractivity contribution >= 4 is 23.2 Å². The Balaban J connectivity index is 2.80. The van der Waals surface area contributed by atoms with Crippen LogP contribution in [0.25, 0.3) is 0 Å². The molecular formula is C13H16ClN3O. The number of nitrogens with one attached hydrogen (secondary N) is 1. The molecule has 1 aromatic carbocycles. The fourth-order valence-corrected chi connectivity index (χ4v) is 1.59. The summed E-state index contributed by atoms with van der Waals surface area (Å²) in [7, 11) is 0. The predicted octanol–water partition coefficient (Wildman–Crippen LogP) is 2.52. The van der Waals surface area contributed by atoms with E-state index in [1.807, 2.05) is 19.9 Å². The quantitative estimate of drug-likeness (QED) is 0.878. The molecule has 1 aromatic rings. The van der Waals surface area contributed by atoms with Crippen LogP contribution >= 0.6 is 11.6 Å². The lowest BCUT2D eigenvalue weighted by molar-refractivity contribution is -0.118. The van der Waals surface area contributed by atoms with Gasteiger partial charge in [-0.3, -0.25) is 4.79 Å². The van der Waals surface area contributed by atoms with E-state index >= 15 is 0 Å². The van der Waals surface area contributed by atoms with Crippen LogP contribution in [-0.4, -0.2) is 11.9 Å². The molecule has 5 heteroatoms. The summed E-state index contributed by atoms with van der Waals surface area (Å²) in [5.74, 6) is -0.150. The number of benzene rings is 1. The Kier molecular flexibility index (Phi) is 5.14. The molecule has 0 aromatic heterocycles. The van der Waals surface area contributed by atoms with E-state index in [4.69, 9.17) is 22.6 Å². The minimum Gasteiger partial charge on any atom is -0.325 e. The van der Waals surface area contributed by atoms with Crippen molar-refractivity contribution in [1.82, 2.24) is 0 Å². The minimum atomic E-state index is -0.559.